The summed E-state index contributed by atoms with van der Waals surface area (Å²) in [6, 6.07) is 21.4. The SMILES string of the molecule is CCC(c1nc2onc(C)c2c(=O)n1Cc1ccccc1)N(CCC#N)C(=O)CC(C)CN(C(=O)CC#N)C(CC)c1nc2onc(C)c2c(=O)n1Cc1ccccc1. The number of aryl methyl sites for hydroxylation is 2. The van der Waals surface area contributed by atoms with Crippen LogP contribution in [0.4, 0.5) is 0 Å². The Hall–Kier alpha value is -6.94. The molecule has 0 saturated heterocycles. The Balaban J connectivity index is 1.35. The first-order chi connectivity index (χ1) is 28.5. The summed E-state index contributed by atoms with van der Waals surface area (Å²) in [5, 5.41) is 27.8. The number of aromatic nitrogens is 6. The topological polar surface area (TPSA) is 210 Å². The third-order valence-electron chi connectivity index (χ3n) is 10.4. The molecule has 4 heterocycles. The molecule has 6 aromatic rings. The van der Waals surface area contributed by atoms with Crippen LogP contribution in [0.3, 0.4) is 0 Å². The van der Waals surface area contributed by atoms with Crippen molar-refractivity contribution in [2.45, 2.75) is 91.9 Å². The molecule has 0 saturated carbocycles. The van der Waals surface area contributed by atoms with Crippen molar-refractivity contribution in [2.24, 2.45) is 5.92 Å². The second-order valence-electron chi connectivity index (χ2n) is 14.6. The van der Waals surface area contributed by atoms with E-state index in [1.807, 2.05) is 87.5 Å². The van der Waals surface area contributed by atoms with Gasteiger partial charge in [0.2, 0.25) is 11.8 Å². The van der Waals surface area contributed by atoms with E-state index in [2.05, 4.69) is 16.4 Å². The summed E-state index contributed by atoms with van der Waals surface area (Å²) in [7, 11) is 0. The fourth-order valence-electron chi connectivity index (χ4n) is 7.61. The van der Waals surface area contributed by atoms with Gasteiger partial charge in [-0.05, 0) is 43.7 Å². The molecule has 6 rings (SSSR count). The largest absolute Gasteiger partial charge is 0.335 e. The van der Waals surface area contributed by atoms with E-state index in [0.29, 0.717) is 30.1 Å². The fourth-order valence-corrected chi connectivity index (χ4v) is 7.61. The minimum absolute atomic E-state index is 0.0160. The van der Waals surface area contributed by atoms with Gasteiger partial charge in [0.25, 0.3) is 22.5 Å². The quantitative estimate of drug-likeness (QED) is 0.105. The highest BCUT2D eigenvalue weighted by molar-refractivity contribution is 5.80. The van der Waals surface area contributed by atoms with Crippen molar-refractivity contribution in [2.75, 3.05) is 13.1 Å². The van der Waals surface area contributed by atoms with Crippen LogP contribution in [0.15, 0.2) is 79.3 Å². The normalized spacial score (nSPS) is 12.8. The summed E-state index contributed by atoms with van der Waals surface area (Å²) in [6.07, 6.45) is 0.181. The maximum absolute atomic E-state index is 14.5. The molecule has 0 radical (unpaired) electrons. The third kappa shape index (κ3) is 8.82. The molecule has 0 bridgehead atoms. The molecule has 3 unspecified atom stereocenters. The molecular weight excluding hydrogens is 753 g/mol. The number of nitrogens with zero attached hydrogens (tertiary/aromatic N) is 10. The van der Waals surface area contributed by atoms with Crippen molar-refractivity contribution in [1.82, 2.24) is 39.2 Å². The standard InChI is InChI=1S/C43H46N10O6/c1-6-32(38-46-40-36(28(4)48-58-40)42(56)52(38)25-30-15-10-8-11-16-30)50(22-14-20-44)35(55)23-27(3)24-51(34(54)19-21-45)33(7-2)39-47-41-37(29(5)49-59-41)43(57)53(39)26-31-17-12-9-13-18-31/h8-13,15-18,27,32-33H,6-7,14,19,22-26H2,1-5H3. The molecule has 0 aliphatic carbocycles. The number of rotatable bonds is 17. The maximum atomic E-state index is 14.5. The van der Waals surface area contributed by atoms with E-state index in [0.717, 1.165) is 11.1 Å². The van der Waals surface area contributed by atoms with Crippen LogP contribution in [-0.2, 0) is 22.7 Å². The van der Waals surface area contributed by atoms with Gasteiger partial charge in [0.15, 0.2) is 0 Å². The molecule has 3 atom stereocenters. The van der Waals surface area contributed by atoms with Gasteiger partial charge >= 0.3 is 0 Å². The van der Waals surface area contributed by atoms with Gasteiger partial charge < -0.3 is 18.8 Å². The number of hydrogen-bond donors (Lipinski definition) is 0. The van der Waals surface area contributed by atoms with E-state index in [1.165, 1.54) is 14.0 Å². The highest BCUT2D eigenvalue weighted by Crippen LogP contribution is 2.30. The molecule has 59 heavy (non-hydrogen) atoms. The van der Waals surface area contributed by atoms with Crippen LogP contribution < -0.4 is 11.1 Å². The zero-order chi connectivity index (χ0) is 42.2. The van der Waals surface area contributed by atoms with Gasteiger partial charge in [0, 0.05) is 19.5 Å². The second kappa shape index (κ2) is 18.5. The Kier molecular flexibility index (Phi) is 13.1. The molecule has 0 N–H and O–H groups in total. The van der Waals surface area contributed by atoms with E-state index >= 15 is 0 Å². The Labute approximate surface area is 340 Å². The Morgan fingerprint density at radius 2 is 1.20 bits per heavy atom. The summed E-state index contributed by atoms with van der Waals surface area (Å²) >= 11 is 0. The van der Waals surface area contributed by atoms with Crippen LogP contribution in [0.1, 0.15) is 99.1 Å². The van der Waals surface area contributed by atoms with Crippen LogP contribution in [0.25, 0.3) is 22.2 Å². The van der Waals surface area contributed by atoms with Gasteiger partial charge in [-0.25, -0.2) is 0 Å². The molecule has 4 aromatic heterocycles. The predicted molar refractivity (Wildman–Crippen MR) is 216 cm³/mol. The molecular formula is C43H46N10O6. The summed E-state index contributed by atoms with van der Waals surface area (Å²) in [6.45, 7) is 9.29. The van der Waals surface area contributed by atoms with Gasteiger partial charge in [-0.3, -0.25) is 28.3 Å². The lowest BCUT2D eigenvalue weighted by Crippen LogP contribution is -2.43. The molecule has 2 amide bonds. The Morgan fingerprint density at radius 1 is 0.729 bits per heavy atom. The van der Waals surface area contributed by atoms with Crippen LogP contribution in [-0.4, -0.2) is 64.1 Å². The van der Waals surface area contributed by atoms with E-state index in [1.54, 1.807) is 18.7 Å². The molecule has 0 fully saturated rings. The molecule has 2 aromatic carbocycles. The van der Waals surface area contributed by atoms with E-state index < -0.39 is 30.3 Å². The summed E-state index contributed by atoms with van der Waals surface area (Å²) in [5.41, 5.74) is 1.82. The average molecular weight is 799 g/mol. The van der Waals surface area contributed by atoms with Crippen molar-refractivity contribution in [3.63, 3.8) is 0 Å². The van der Waals surface area contributed by atoms with Crippen LogP contribution in [0, 0.1) is 42.4 Å². The van der Waals surface area contributed by atoms with Gasteiger partial charge in [0.1, 0.15) is 28.8 Å². The summed E-state index contributed by atoms with van der Waals surface area (Å²) < 4.78 is 14.0. The number of amides is 2. The van der Waals surface area contributed by atoms with Crippen molar-refractivity contribution >= 4 is 34.0 Å². The maximum Gasteiger partial charge on any atom is 0.267 e. The Bertz CT molecular complexity index is 2650. The average Bonchev–Trinajstić information content (AvgIpc) is 3.80. The number of carbonyl (C=O) groups is 2. The number of fused-ring (bicyclic) bond motifs is 2. The first kappa shape index (κ1) is 41.7. The summed E-state index contributed by atoms with van der Waals surface area (Å²) in [4.78, 5) is 69.2. The van der Waals surface area contributed by atoms with Gasteiger partial charge in [-0.2, -0.15) is 20.5 Å². The first-order valence-electron chi connectivity index (χ1n) is 19.6. The smallest absolute Gasteiger partial charge is 0.267 e. The van der Waals surface area contributed by atoms with Crippen molar-refractivity contribution in [3.8, 4) is 12.1 Å². The van der Waals surface area contributed by atoms with E-state index in [4.69, 9.17) is 19.0 Å². The predicted octanol–water partition coefficient (Wildman–Crippen LogP) is 5.91. The van der Waals surface area contributed by atoms with E-state index in [-0.39, 0.29) is 84.1 Å². The highest BCUT2D eigenvalue weighted by Gasteiger charge is 2.34. The molecule has 16 nitrogen and oxygen atoms in total. The minimum atomic E-state index is -0.786. The monoisotopic (exact) mass is 798 g/mol. The van der Waals surface area contributed by atoms with Gasteiger partial charge in [-0.15, -0.1) is 0 Å². The molecule has 16 heteroatoms. The van der Waals surface area contributed by atoms with Crippen LogP contribution in [0.2, 0.25) is 0 Å². The molecule has 0 aliphatic heterocycles. The van der Waals surface area contributed by atoms with Gasteiger partial charge in [-0.1, -0.05) is 91.7 Å². The molecule has 304 valence electrons. The first-order valence-corrected chi connectivity index (χ1v) is 19.6. The lowest BCUT2D eigenvalue weighted by Gasteiger charge is -2.35. The fraction of sp³-hybridized carbons (Fsp3) is 0.395. The van der Waals surface area contributed by atoms with Crippen molar-refractivity contribution in [1.29, 1.82) is 10.5 Å². The highest BCUT2D eigenvalue weighted by atomic mass is 16.5. The lowest BCUT2D eigenvalue weighted by molar-refractivity contribution is -0.138. The second-order valence-corrected chi connectivity index (χ2v) is 14.6. The number of carbonyl (C=O) groups excluding carboxylic acids is 2. The number of hydrogen-bond acceptors (Lipinski definition) is 12. The zero-order valence-electron chi connectivity index (χ0n) is 33.8. The number of nitriles is 2. The number of benzene rings is 2. The summed E-state index contributed by atoms with van der Waals surface area (Å²) in [5.74, 6) is -0.748. The lowest BCUT2D eigenvalue weighted by atomic mass is 10.0. The molecule has 0 aliphatic rings. The van der Waals surface area contributed by atoms with E-state index in [9.17, 15) is 29.7 Å². The zero-order valence-corrected chi connectivity index (χ0v) is 33.8. The molecule has 0 spiro atoms. The minimum Gasteiger partial charge on any atom is -0.335 e. The van der Waals surface area contributed by atoms with Crippen molar-refractivity contribution in [3.05, 3.63) is 116 Å². The third-order valence-corrected chi connectivity index (χ3v) is 10.4. The van der Waals surface area contributed by atoms with Crippen molar-refractivity contribution < 1.29 is 18.6 Å². The Morgan fingerprint density at radius 3 is 1.64 bits per heavy atom. The van der Waals surface area contributed by atoms with Crippen LogP contribution >= 0.6 is 0 Å². The van der Waals surface area contributed by atoms with Gasteiger partial charge in [0.05, 0.1) is 55.1 Å². The van der Waals surface area contributed by atoms with Crippen LogP contribution in [0.5, 0.6) is 0 Å².